The summed E-state index contributed by atoms with van der Waals surface area (Å²) in [6.07, 6.45) is 0. The first-order chi connectivity index (χ1) is 15.7. The lowest BCUT2D eigenvalue weighted by Gasteiger charge is -2.50. The van der Waals surface area contributed by atoms with Crippen molar-refractivity contribution < 1.29 is 28.2 Å². The average Bonchev–Trinajstić information content (AvgIpc) is 2.78. The number of hydroxylamine groups is 2. The molecule has 0 saturated carbocycles. The van der Waals surface area contributed by atoms with E-state index < -0.39 is 45.3 Å². The summed E-state index contributed by atoms with van der Waals surface area (Å²) < 4.78 is 17.8. The molecule has 10 heteroatoms. The summed E-state index contributed by atoms with van der Waals surface area (Å²) in [6.45, 7) is 6.53. The normalized spacial score (nSPS) is 19.1. The Balaban J connectivity index is 1.83. The molecule has 1 fully saturated rings. The fraction of sp³-hybridized carbons (Fsp3) is 0.261. The number of ether oxygens (including phenoxy) is 1. The number of hydrogen-bond donors (Lipinski definition) is 0. The molecule has 0 aliphatic carbocycles. The predicted molar refractivity (Wildman–Crippen MR) is 123 cm³/mol. The summed E-state index contributed by atoms with van der Waals surface area (Å²) in [7, 11) is 3.78. The van der Waals surface area contributed by atoms with Gasteiger partial charge in [0.25, 0.3) is 11.8 Å². The van der Waals surface area contributed by atoms with E-state index in [2.05, 4.69) is 6.58 Å². The zero-order valence-electron chi connectivity index (χ0n) is 18.0. The predicted octanol–water partition coefficient (Wildman–Crippen LogP) is 2.96. The molecule has 33 heavy (non-hydrogen) atoms. The Kier molecular flexibility index (Phi) is 7.88. The third-order valence-electron chi connectivity index (χ3n) is 4.94. The van der Waals surface area contributed by atoms with E-state index in [0.29, 0.717) is 11.3 Å². The van der Waals surface area contributed by atoms with Crippen LogP contribution in [0.25, 0.3) is 0 Å². The molecular weight excluding hydrogens is 468 g/mol. The first kappa shape index (κ1) is 24.5. The Bertz CT molecular complexity index is 1070. The molecule has 1 aliphatic rings. The van der Waals surface area contributed by atoms with Gasteiger partial charge in [0, 0.05) is 6.92 Å². The third-order valence-corrected chi connectivity index (χ3v) is 6.36. The van der Waals surface area contributed by atoms with E-state index in [4.69, 9.17) is 20.3 Å². The monoisotopic (exact) mass is 490 g/mol. The number of carbonyl (C=O) groups excluding carboxylic acids is 3. The van der Waals surface area contributed by atoms with Gasteiger partial charge in [0.15, 0.2) is 23.2 Å². The van der Waals surface area contributed by atoms with E-state index in [-0.39, 0.29) is 6.61 Å². The summed E-state index contributed by atoms with van der Waals surface area (Å²) >= 11 is 0. The van der Waals surface area contributed by atoms with Crippen molar-refractivity contribution in [1.82, 2.24) is 9.96 Å². The number of rotatable bonds is 9. The number of halogens is 1. The van der Waals surface area contributed by atoms with Crippen LogP contribution in [0, 0.1) is 0 Å². The standard InChI is InChI=1S/C23H23ClN2O6S/c1-15(2)19(23(29)31-14-17-10-6-4-7-11-17)25-21(28)20(22(25)33(24)30)26(16(3)27)32-18-12-8-5-9-13-18/h4-13,19-20,22H,1,14H2,2-3H3. The molecule has 0 bridgehead atoms. The molecule has 1 aliphatic heterocycles. The molecule has 8 nitrogen and oxygen atoms in total. The van der Waals surface area contributed by atoms with Crippen LogP contribution in [0.1, 0.15) is 19.4 Å². The van der Waals surface area contributed by atoms with Crippen molar-refractivity contribution in [2.45, 2.75) is 37.9 Å². The number of β-lactam (4-membered cyclic amide) rings is 1. The third kappa shape index (κ3) is 5.43. The molecular formula is C23H23ClN2O6S. The maximum absolute atomic E-state index is 13.1. The highest BCUT2D eigenvalue weighted by atomic mass is 35.7. The number of esters is 1. The molecule has 1 heterocycles. The lowest BCUT2D eigenvalue weighted by Crippen LogP contribution is -2.75. The summed E-state index contributed by atoms with van der Waals surface area (Å²) in [5.74, 6) is -1.70. The van der Waals surface area contributed by atoms with Crippen molar-refractivity contribution in [3.05, 3.63) is 78.4 Å². The van der Waals surface area contributed by atoms with Crippen LogP contribution in [0.15, 0.2) is 72.8 Å². The minimum absolute atomic E-state index is 0.0137. The van der Waals surface area contributed by atoms with Crippen molar-refractivity contribution in [2.24, 2.45) is 0 Å². The number of nitrogens with zero attached hydrogens (tertiary/aromatic N) is 2. The topological polar surface area (TPSA) is 93.2 Å². The van der Waals surface area contributed by atoms with Gasteiger partial charge in [0.2, 0.25) is 0 Å². The molecule has 2 aromatic rings. The first-order valence-corrected chi connectivity index (χ1v) is 12.0. The molecule has 1 saturated heterocycles. The fourth-order valence-electron chi connectivity index (χ4n) is 3.42. The van der Waals surface area contributed by atoms with E-state index in [0.717, 1.165) is 15.5 Å². The highest BCUT2D eigenvalue weighted by Crippen LogP contribution is 2.34. The summed E-state index contributed by atoms with van der Waals surface area (Å²) in [4.78, 5) is 44.9. The van der Waals surface area contributed by atoms with Gasteiger partial charge in [-0.05, 0) is 40.9 Å². The average molecular weight is 491 g/mol. The van der Waals surface area contributed by atoms with Crippen molar-refractivity contribution in [1.29, 1.82) is 0 Å². The highest BCUT2D eigenvalue weighted by Gasteiger charge is 2.60. The second-order valence-electron chi connectivity index (χ2n) is 7.42. The second-order valence-corrected chi connectivity index (χ2v) is 9.31. The van der Waals surface area contributed by atoms with Crippen LogP contribution in [0.5, 0.6) is 5.75 Å². The highest BCUT2D eigenvalue weighted by molar-refractivity contribution is 8.08. The van der Waals surface area contributed by atoms with Crippen molar-refractivity contribution in [3.8, 4) is 5.75 Å². The fourth-order valence-corrected chi connectivity index (χ4v) is 4.81. The Morgan fingerprint density at radius 1 is 1.12 bits per heavy atom. The van der Waals surface area contributed by atoms with Gasteiger partial charge in [-0.3, -0.25) is 9.59 Å². The molecule has 174 valence electrons. The molecule has 2 amide bonds. The molecule has 4 atom stereocenters. The molecule has 0 radical (unpaired) electrons. The minimum Gasteiger partial charge on any atom is -0.459 e. The van der Waals surface area contributed by atoms with Gasteiger partial charge in [0.1, 0.15) is 16.6 Å². The van der Waals surface area contributed by atoms with Gasteiger partial charge in [-0.15, -0.1) is 0 Å². The van der Waals surface area contributed by atoms with Crippen LogP contribution in [0.4, 0.5) is 0 Å². The number of amides is 2. The van der Waals surface area contributed by atoms with E-state index >= 15 is 0 Å². The Hall–Kier alpha value is -3.17. The Morgan fingerprint density at radius 2 is 1.70 bits per heavy atom. The van der Waals surface area contributed by atoms with Crippen LogP contribution in [-0.4, -0.2) is 49.4 Å². The number of benzene rings is 2. The zero-order valence-corrected chi connectivity index (χ0v) is 19.6. The molecule has 0 aromatic heterocycles. The molecule has 4 unspecified atom stereocenters. The maximum atomic E-state index is 13.1. The SMILES string of the molecule is C=C(C)C(C(=O)OCc1ccccc1)N1C(=O)C(N(Oc2ccccc2)C(C)=O)C1S(=O)Cl. The molecule has 2 aromatic carbocycles. The van der Waals surface area contributed by atoms with Crippen LogP contribution in [0.3, 0.4) is 0 Å². The number of hydrogen-bond acceptors (Lipinski definition) is 6. The zero-order chi connectivity index (χ0) is 24.1. The number of likely N-dealkylation sites (tertiary alicyclic amines) is 1. The van der Waals surface area contributed by atoms with Crippen molar-refractivity contribution >= 4 is 38.5 Å². The second kappa shape index (κ2) is 10.6. The van der Waals surface area contributed by atoms with E-state index in [1.54, 1.807) is 61.5 Å². The number of carbonyl (C=O) groups is 3. The summed E-state index contributed by atoms with van der Waals surface area (Å²) in [5, 5.41) is -0.387. The summed E-state index contributed by atoms with van der Waals surface area (Å²) in [6, 6.07) is 14.8. The summed E-state index contributed by atoms with van der Waals surface area (Å²) in [5.41, 5.74) is 1.06. The van der Waals surface area contributed by atoms with Crippen molar-refractivity contribution in [3.63, 3.8) is 0 Å². The minimum atomic E-state index is -2.14. The van der Waals surface area contributed by atoms with Crippen LogP contribution >= 0.6 is 10.7 Å². The van der Waals surface area contributed by atoms with Gasteiger partial charge in [0.05, 0.1) is 0 Å². The van der Waals surface area contributed by atoms with E-state index in [1.165, 1.54) is 6.92 Å². The Morgan fingerprint density at radius 3 is 2.21 bits per heavy atom. The first-order valence-electron chi connectivity index (χ1n) is 10.00. The lowest BCUT2D eigenvalue weighted by molar-refractivity contribution is -0.194. The molecule has 3 rings (SSSR count). The van der Waals surface area contributed by atoms with Crippen LogP contribution < -0.4 is 4.84 Å². The van der Waals surface area contributed by atoms with Gasteiger partial charge >= 0.3 is 5.97 Å². The largest absolute Gasteiger partial charge is 0.459 e. The van der Waals surface area contributed by atoms with Gasteiger partial charge in [-0.25, -0.2) is 9.00 Å². The molecule has 0 N–H and O–H groups in total. The maximum Gasteiger partial charge on any atom is 0.333 e. The van der Waals surface area contributed by atoms with E-state index in [9.17, 15) is 18.6 Å². The Labute approximate surface area is 198 Å². The number of para-hydroxylation sites is 1. The quantitative estimate of drug-likeness (QED) is 0.176. The van der Waals surface area contributed by atoms with Crippen LogP contribution in [-0.2, 0) is 35.7 Å². The van der Waals surface area contributed by atoms with Crippen LogP contribution in [0.2, 0.25) is 0 Å². The van der Waals surface area contributed by atoms with E-state index in [1.807, 2.05) is 6.07 Å². The lowest BCUT2D eigenvalue weighted by atomic mass is 9.99. The molecule has 0 spiro atoms. The smallest absolute Gasteiger partial charge is 0.333 e. The van der Waals surface area contributed by atoms with Crippen molar-refractivity contribution in [2.75, 3.05) is 0 Å². The van der Waals surface area contributed by atoms with Gasteiger partial charge in [-0.1, -0.05) is 55.1 Å². The van der Waals surface area contributed by atoms with Gasteiger partial charge < -0.3 is 14.5 Å². The van der Waals surface area contributed by atoms with Gasteiger partial charge in [-0.2, -0.15) is 5.06 Å².